The summed E-state index contributed by atoms with van der Waals surface area (Å²) in [7, 11) is 2.01. The van der Waals surface area contributed by atoms with E-state index in [-0.39, 0.29) is 0 Å². The molecule has 2 nitrogen and oxygen atoms in total. The highest BCUT2D eigenvalue weighted by Gasteiger charge is 2.09. The number of hydrogen-bond acceptors (Lipinski definition) is 2. The van der Waals surface area contributed by atoms with Gasteiger partial charge in [-0.2, -0.15) is 0 Å². The number of rotatable bonds is 6. The molecule has 0 amide bonds. The van der Waals surface area contributed by atoms with Crippen molar-refractivity contribution in [3.8, 4) is 0 Å². The summed E-state index contributed by atoms with van der Waals surface area (Å²) in [5.41, 5.74) is 2.27. The molecule has 84 valence electrons. The first-order valence-corrected chi connectivity index (χ1v) is 5.88. The Hall–Kier alpha value is -0.890. The van der Waals surface area contributed by atoms with Crippen LogP contribution < -0.4 is 5.32 Å². The van der Waals surface area contributed by atoms with Crippen LogP contribution in [0.4, 0.5) is 0 Å². The summed E-state index contributed by atoms with van der Waals surface area (Å²) < 4.78 is 0. The SMILES string of the molecule is CCCCCC(NC)c1cccc(C)n1. The van der Waals surface area contributed by atoms with Crippen molar-refractivity contribution in [2.45, 2.75) is 45.6 Å². The van der Waals surface area contributed by atoms with Gasteiger partial charge in [0.1, 0.15) is 0 Å². The van der Waals surface area contributed by atoms with Crippen LogP contribution in [0.3, 0.4) is 0 Å². The smallest absolute Gasteiger partial charge is 0.0576 e. The van der Waals surface area contributed by atoms with E-state index in [1.807, 2.05) is 20.0 Å². The van der Waals surface area contributed by atoms with Crippen LogP contribution in [0.25, 0.3) is 0 Å². The van der Waals surface area contributed by atoms with Crippen molar-refractivity contribution in [3.63, 3.8) is 0 Å². The van der Waals surface area contributed by atoms with Crippen molar-refractivity contribution in [2.75, 3.05) is 7.05 Å². The second kappa shape index (κ2) is 6.57. The van der Waals surface area contributed by atoms with E-state index in [1.165, 1.54) is 31.4 Å². The first-order chi connectivity index (χ1) is 7.27. The van der Waals surface area contributed by atoms with Gasteiger partial charge in [0.15, 0.2) is 0 Å². The lowest BCUT2D eigenvalue weighted by Gasteiger charge is -2.15. The van der Waals surface area contributed by atoms with Gasteiger partial charge in [-0.25, -0.2) is 0 Å². The molecular formula is C13H22N2. The number of pyridine rings is 1. The molecule has 0 saturated heterocycles. The maximum absolute atomic E-state index is 4.56. The van der Waals surface area contributed by atoms with Crippen molar-refractivity contribution in [1.82, 2.24) is 10.3 Å². The van der Waals surface area contributed by atoms with E-state index in [9.17, 15) is 0 Å². The van der Waals surface area contributed by atoms with Crippen LogP contribution >= 0.6 is 0 Å². The number of hydrogen-bond donors (Lipinski definition) is 1. The summed E-state index contributed by atoms with van der Waals surface area (Å²) in [6, 6.07) is 6.65. The highest BCUT2D eigenvalue weighted by Crippen LogP contribution is 2.17. The van der Waals surface area contributed by atoms with Crippen LogP contribution in [0.2, 0.25) is 0 Å². The van der Waals surface area contributed by atoms with Gasteiger partial charge in [0.25, 0.3) is 0 Å². The molecule has 0 saturated carbocycles. The van der Waals surface area contributed by atoms with Crippen molar-refractivity contribution < 1.29 is 0 Å². The molecule has 2 heteroatoms. The normalized spacial score (nSPS) is 12.7. The second-order valence-corrected chi connectivity index (χ2v) is 4.04. The average Bonchev–Trinajstić information content (AvgIpc) is 2.24. The summed E-state index contributed by atoms with van der Waals surface area (Å²) >= 11 is 0. The van der Waals surface area contributed by atoms with Crippen molar-refractivity contribution in [1.29, 1.82) is 0 Å². The summed E-state index contributed by atoms with van der Waals surface area (Å²) in [6.45, 7) is 4.28. The Morgan fingerprint density at radius 1 is 1.33 bits per heavy atom. The lowest BCUT2D eigenvalue weighted by molar-refractivity contribution is 0.501. The maximum Gasteiger partial charge on any atom is 0.0576 e. The van der Waals surface area contributed by atoms with Gasteiger partial charge < -0.3 is 5.32 Å². The van der Waals surface area contributed by atoms with Gasteiger partial charge in [-0.05, 0) is 32.5 Å². The molecule has 1 N–H and O–H groups in total. The molecule has 0 spiro atoms. The zero-order valence-electron chi connectivity index (χ0n) is 10.1. The highest BCUT2D eigenvalue weighted by atomic mass is 14.9. The number of nitrogens with one attached hydrogen (secondary N) is 1. The Kier molecular flexibility index (Phi) is 5.33. The maximum atomic E-state index is 4.56. The monoisotopic (exact) mass is 206 g/mol. The third-order valence-electron chi connectivity index (χ3n) is 2.71. The Morgan fingerprint density at radius 2 is 2.13 bits per heavy atom. The summed E-state index contributed by atoms with van der Waals surface area (Å²) in [4.78, 5) is 4.56. The molecule has 0 aliphatic heterocycles. The highest BCUT2D eigenvalue weighted by molar-refractivity contribution is 5.13. The van der Waals surface area contributed by atoms with E-state index in [1.54, 1.807) is 0 Å². The lowest BCUT2D eigenvalue weighted by atomic mass is 10.0. The van der Waals surface area contributed by atoms with Gasteiger partial charge in [0.2, 0.25) is 0 Å². The van der Waals surface area contributed by atoms with Crippen molar-refractivity contribution >= 4 is 0 Å². The minimum Gasteiger partial charge on any atom is -0.312 e. The minimum absolute atomic E-state index is 0.413. The largest absolute Gasteiger partial charge is 0.312 e. The fraction of sp³-hybridized carbons (Fsp3) is 0.615. The van der Waals surface area contributed by atoms with Gasteiger partial charge in [0, 0.05) is 11.7 Å². The molecule has 1 atom stereocenters. The predicted octanol–water partition coefficient (Wildman–Crippen LogP) is 3.23. The summed E-state index contributed by atoms with van der Waals surface area (Å²) in [5.74, 6) is 0. The van der Waals surface area contributed by atoms with E-state index < -0.39 is 0 Å². The number of aryl methyl sites for hydroxylation is 1. The molecule has 1 heterocycles. The molecule has 0 radical (unpaired) electrons. The molecule has 0 aromatic carbocycles. The molecule has 0 aliphatic rings. The third kappa shape index (κ3) is 4.00. The molecule has 1 aromatic rings. The fourth-order valence-electron chi connectivity index (χ4n) is 1.80. The van der Waals surface area contributed by atoms with E-state index in [0.29, 0.717) is 6.04 Å². The Bertz CT molecular complexity index is 284. The zero-order valence-corrected chi connectivity index (χ0v) is 10.1. The van der Waals surface area contributed by atoms with Crippen LogP contribution in [0.1, 0.15) is 50.0 Å². The van der Waals surface area contributed by atoms with E-state index in [4.69, 9.17) is 0 Å². The summed E-state index contributed by atoms with van der Waals surface area (Å²) in [6.07, 6.45) is 5.04. The zero-order chi connectivity index (χ0) is 11.1. The van der Waals surface area contributed by atoms with Gasteiger partial charge in [-0.1, -0.05) is 32.3 Å². The average molecular weight is 206 g/mol. The van der Waals surface area contributed by atoms with Crippen LogP contribution in [-0.4, -0.2) is 12.0 Å². The summed E-state index contributed by atoms with van der Waals surface area (Å²) in [5, 5.41) is 3.34. The van der Waals surface area contributed by atoms with Gasteiger partial charge in [0.05, 0.1) is 5.69 Å². The van der Waals surface area contributed by atoms with Gasteiger partial charge >= 0.3 is 0 Å². The molecule has 15 heavy (non-hydrogen) atoms. The van der Waals surface area contributed by atoms with E-state index in [0.717, 1.165) is 5.69 Å². The number of unbranched alkanes of at least 4 members (excludes halogenated alkanes) is 2. The molecule has 0 aliphatic carbocycles. The standard InChI is InChI=1S/C13H22N2/c1-4-5-6-9-12(14-3)13-10-7-8-11(2)15-13/h7-8,10,12,14H,4-6,9H2,1-3H3. The molecule has 1 unspecified atom stereocenters. The lowest BCUT2D eigenvalue weighted by Crippen LogP contribution is -2.17. The first kappa shape index (κ1) is 12.2. The molecule has 1 aromatic heterocycles. The Morgan fingerprint density at radius 3 is 2.73 bits per heavy atom. The third-order valence-corrected chi connectivity index (χ3v) is 2.71. The van der Waals surface area contributed by atoms with Crippen LogP contribution in [0.5, 0.6) is 0 Å². The molecule has 0 bridgehead atoms. The van der Waals surface area contributed by atoms with Crippen LogP contribution in [0, 0.1) is 6.92 Å². The van der Waals surface area contributed by atoms with Crippen molar-refractivity contribution in [2.24, 2.45) is 0 Å². The quantitative estimate of drug-likeness (QED) is 0.723. The van der Waals surface area contributed by atoms with Crippen LogP contribution in [-0.2, 0) is 0 Å². The minimum atomic E-state index is 0.413. The first-order valence-electron chi connectivity index (χ1n) is 5.88. The predicted molar refractivity (Wildman–Crippen MR) is 64.9 cm³/mol. The Balaban J connectivity index is 2.57. The fourth-order valence-corrected chi connectivity index (χ4v) is 1.80. The van der Waals surface area contributed by atoms with Crippen LogP contribution in [0.15, 0.2) is 18.2 Å². The van der Waals surface area contributed by atoms with Gasteiger partial charge in [-0.3, -0.25) is 4.98 Å². The molecular weight excluding hydrogens is 184 g/mol. The number of aromatic nitrogens is 1. The molecule has 0 fully saturated rings. The number of nitrogens with zero attached hydrogens (tertiary/aromatic N) is 1. The Labute approximate surface area is 93.1 Å². The van der Waals surface area contributed by atoms with E-state index >= 15 is 0 Å². The van der Waals surface area contributed by atoms with E-state index in [2.05, 4.69) is 29.4 Å². The second-order valence-electron chi connectivity index (χ2n) is 4.04. The van der Waals surface area contributed by atoms with Crippen molar-refractivity contribution in [3.05, 3.63) is 29.6 Å². The molecule has 1 rings (SSSR count). The van der Waals surface area contributed by atoms with Gasteiger partial charge in [-0.15, -0.1) is 0 Å². The topological polar surface area (TPSA) is 24.9 Å².